The summed E-state index contributed by atoms with van der Waals surface area (Å²) in [5.41, 5.74) is 2.82. The topological polar surface area (TPSA) is 40.9 Å². The van der Waals surface area contributed by atoms with Crippen LogP contribution in [0.4, 0.5) is 0 Å². The molecule has 0 aromatic carbocycles. The average Bonchev–Trinajstić information content (AvgIpc) is 3.02. The summed E-state index contributed by atoms with van der Waals surface area (Å²) < 4.78 is 0. The van der Waals surface area contributed by atoms with E-state index in [0.717, 1.165) is 47.3 Å². The van der Waals surface area contributed by atoms with Crippen molar-refractivity contribution in [2.24, 2.45) is 40.9 Å². The minimum atomic E-state index is 0.639. The van der Waals surface area contributed by atoms with Crippen LogP contribution >= 0.6 is 11.6 Å². The van der Waals surface area contributed by atoms with Crippen molar-refractivity contribution in [1.29, 1.82) is 5.41 Å². The van der Waals surface area contributed by atoms with Gasteiger partial charge in [0, 0.05) is 12.1 Å². The van der Waals surface area contributed by atoms with Crippen molar-refractivity contribution < 1.29 is 4.79 Å². The Bertz CT molecular complexity index is 626. The molecule has 3 heteroatoms. The number of halogens is 1. The van der Waals surface area contributed by atoms with Crippen LogP contribution in [0.3, 0.4) is 0 Å². The molecule has 3 saturated carbocycles. The lowest BCUT2D eigenvalue weighted by molar-refractivity contribution is -0.107. The number of allylic oxidation sites excluding steroid dienone is 2. The van der Waals surface area contributed by atoms with Crippen LogP contribution in [0.5, 0.6) is 0 Å². The average molecular weight is 406 g/mol. The summed E-state index contributed by atoms with van der Waals surface area (Å²) in [6.07, 6.45) is 13.3. The Morgan fingerprint density at radius 1 is 1.14 bits per heavy atom. The van der Waals surface area contributed by atoms with E-state index in [9.17, 15) is 4.79 Å². The van der Waals surface area contributed by atoms with Gasteiger partial charge in [-0.2, -0.15) is 0 Å². The predicted octanol–water partition coefficient (Wildman–Crippen LogP) is 7.40. The van der Waals surface area contributed by atoms with Gasteiger partial charge >= 0.3 is 0 Å². The summed E-state index contributed by atoms with van der Waals surface area (Å²) in [5, 5.41) is 8.97. The highest BCUT2D eigenvalue weighted by atomic mass is 35.5. The van der Waals surface area contributed by atoms with Gasteiger partial charge in [-0.3, -0.25) is 0 Å². The van der Waals surface area contributed by atoms with Crippen LogP contribution in [0.2, 0.25) is 0 Å². The van der Waals surface area contributed by atoms with Crippen LogP contribution < -0.4 is 0 Å². The first-order chi connectivity index (χ1) is 13.4. The highest BCUT2D eigenvalue weighted by molar-refractivity contribution is 6.43. The zero-order valence-electron chi connectivity index (χ0n) is 18.4. The molecule has 2 nitrogen and oxygen atoms in total. The molecule has 1 N–H and O–H groups in total. The Labute approximate surface area is 177 Å². The van der Waals surface area contributed by atoms with E-state index in [1.54, 1.807) is 0 Å². The first-order valence-corrected chi connectivity index (χ1v) is 12.2. The summed E-state index contributed by atoms with van der Waals surface area (Å²) in [5.74, 6) is 5.33. The maximum absolute atomic E-state index is 9.17. The van der Waals surface area contributed by atoms with Crippen molar-refractivity contribution in [3.63, 3.8) is 0 Å². The first kappa shape index (κ1) is 22.1. The Hall–Kier alpha value is -0.630. The quantitative estimate of drug-likeness (QED) is 0.488. The minimum absolute atomic E-state index is 0.639. The van der Waals surface area contributed by atoms with Crippen LogP contribution in [0, 0.1) is 46.3 Å². The third-order valence-electron chi connectivity index (χ3n) is 9.03. The number of rotatable bonds is 3. The molecule has 0 radical (unpaired) electrons. The molecule has 0 aliphatic heterocycles. The van der Waals surface area contributed by atoms with Gasteiger partial charge in [0.25, 0.3) is 0 Å². The molecule has 3 fully saturated rings. The molecule has 28 heavy (non-hydrogen) atoms. The SMILES string of the molecule is CCC1[C@H](C)CC2C3CCC4=C(Cl)C(=N)CCC4C3CCC21CC.CCC=O. The van der Waals surface area contributed by atoms with Gasteiger partial charge in [0.2, 0.25) is 0 Å². The van der Waals surface area contributed by atoms with Gasteiger partial charge in [-0.1, -0.05) is 45.7 Å². The van der Waals surface area contributed by atoms with Gasteiger partial charge in [-0.25, -0.2) is 0 Å². The highest BCUT2D eigenvalue weighted by Gasteiger charge is 2.59. The second kappa shape index (κ2) is 9.02. The normalized spacial score (nSPS) is 42.1. The van der Waals surface area contributed by atoms with Crippen LogP contribution in [0.25, 0.3) is 0 Å². The van der Waals surface area contributed by atoms with Gasteiger partial charge in [-0.05, 0) is 97.9 Å². The number of carbonyl (C=O) groups excluding carboxylic acids is 1. The molecular formula is C25H40ClNO. The monoisotopic (exact) mass is 405 g/mol. The number of aldehydes is 1. The van der Waals surface area contributed by atoms with E-state index in [0.29, 0.717) is 23.5 Å². The summed E-state index contributed by atoms with van der Waals surface area (Å²) >= 11 is 6.56. The third-order valence-corrected chi connectivity index (χ3v) is 9.50. The number of hydrogen-bond acceptors (Lipinski definition) is 2. The van der Waals surface area contributed by atoms with Crippen LogP contribution in [-0.2, 0) is 4.79 Å². The summed E-state index contributed by atoms with van der Waals surface area (Å²) in [4.78, 5) is 9.17. The Morgan fingerprint density at radius 2 is 1.86 bits per heavy atom. The van der Waals surface area contributed by atoms with E-state index in [4.69, 9.17) is 17.0 Å². The maximum atomic E-state index is 9.17. The lowest BCUT2D eigenvalue weighted by atomic mass is 9.50. The molecule has 6 unspecified atom stereocenters. The summed E-state index contributed by atoms with van der Waals surface area (Å²) in [6.45, 7) is 9.25. The maximum Gasteiger partial charge on any atom is 0.119 e. The van der Waals surface area contributed by atoms with E-state index < -0.39 is 0 Å². The van der Waals surface area contributed by atoms with Gasteiger partial charge in [0.05, 0.1) is 5.03 Å². The minimum Gasteiger partial charge on any atom is -0.304 e. The van der Waals surface area contributed by atoms with Crippen molar-refractivity contribution in [3.8, 4) is 0 Å². The molecule has 0 saturated heterocycles. The zero-order chi connectivity index (χ0) is 20.5. The van der Waals surface area contributed by atoms with Gasteiger partial charge in [0.15, 0.2) is 0 Å². The van der Waals surface area contributed by atoms with Crippen molar-refractivity contribution in [2.75, 3.05) is 0 Å². The Morgan fingerprint density at radius 3 is 2.46 bits per heavy atom. The molecule has 158 valence electrons. The molecule has 7 atom stereocenters. The smallest absolute Gasteiger partial charge is 0.119 e. The lowest BCUT2D eigenvalue weighted by Crippen LogP contribution is -2.47. The molecule has 0 aromatic heterocycles. The second-order valence-electron chi connectivity index (χ2n) is 9.86. The Kier molecular flexibility index (Phi) is 7.11. The van der Waals surface area contributed by atoms with Crippen molar-refractivity contribution in [3.05, 3.63) is 10.6 Å². The number of hydrogen-bond donors (Lipinski definition) is 1. The Balaban J connectivity index is 0.000000516. The van der Waals surface area contributed by atoms with Crippen LogP contribution in [-0.4, -0.2) is 12.0 Å². The van der Waals surface area contributed by atoms with Gasteiger partial charge < -0.3 is 10.2 Å². The van der Waals surface area contributed by atoms with Crippen molar-refractivity contribution >= 4 is 23.6 Å². The van der Waals surface area contributed by atoms with Crippen LogP contribution in [0.15, 0.2) is 10.6 Å². The van der Waals surface area contributed by atoms with E-state index in [2.05, 4.69) is 20.8 Å². The highest BCUT2D eigenvalue weighted by Crippen LogP contribution is 2.67. The molecular weight excluding hydrogens is 366 g/mol. The molecule has 0 aromatic rings. The molecule has 0 heterocycles. The van der Waals surface area contributed by atoms with Gasteiger partial charge in [0.1, 0.15) is 6.29 Å². The van der Waals surface area contributed by atoms with Crippen LogP contribution in [0.1, 0.15) is 91.9 Å². The number of fused-ring (bicyclic) bond motifs is 5. The second-order valence-corrected chi connectivity index (χ2v) is 10.2. The number of nitrogens with one attached hydrogen (secondary N) is 1. The third kappa shape index (κ3) is 3.53. The first-order valence-electron chi connectivity index (χ1n) is 11.8. The molecule has 4 aliphatic rings. The zero-order valence-corrected chi connectivity index (χ0v) is 19.2. The van der Waals surface area contributed by atoms with Crippen molar-refractivity contribution in [1.82, 2.24) is 0 Å². The van der Waals surface area contributed by atoms with Gasteiger partial charge in [-0.15, -0.1) is 0 Å². The number of carbonyl (C=O) groups is 1. The molecule has 4 aliphatic carbocycles. The summed E-state index contributed by atoms with van der Waals surface area (Å²) in [6, 6.07) is 0. The fourth-order valence-corrected chi connectivity index (χ4v) is 8.35. The molecule has 0 amide bonds. The van der Waals surface area contributed by atoms with E-state index >= 15 is 0 Å². The summed E-state index contributed by atoms with van der Waals surface area (Å²) in [7, 11) is 0. The lowest BCUT2D eigenvalue weighted by Gasteiger charge is -2.55. The van der Waals surface area contributed by atoms with E-state index in [1.165, 1.54) is 56.9 Å². The largest absolute Gasteiger partial charge is 0.304 e. The predicted molar refractivity (Wildman–Crippen MR) is 119 cm³/mol. The fourth-order valence-electron chi connectivity index (χ4n) is 8.02. The molecule has 0 bridgehead atoms. The molecule has 0 spiro atoms. The molecule has 4 rings (SSSR count). The van der Waals surface area contributed by atoms with E-state index in [-0.39, 0.29) is 0 Å². The fraction of sp³-hybridized carbons (Fsp3) is 0.840. The standard InChI is InChI=1S/C22H34ClN.C3H6O/c1-4-18-13(3)12-19-16-6-7-17-14(8-9-20(24)21(17)23)15(16)10-11-22(18,19)5-2;1-2-3-4/h13-16,18-19,24H,4-12H2,1-3H3;3H,2H2,1H3/t13-,14?,15?,16?,18?,19?,22?;/m1./s1. The van der Waals surface area contributed by atoms with Crippen molar-refractivity contribution in [2.45, 2.75) is 91.9 Å². The van der Waals surface area contributed by atoms with E-state index in [1.807, 2.05) is 6.92 Å².